The average Bonchev–Trinajstić information content (AvgIpc) is 4.00. The van der Waals surface area contributed by atoms with Gasteiger partial charge in [-0.3, -0.25) is 47.9 Å². The highest BCUT2D eigenvalue weighted by molar-refractivity contribution is 5.99. The zero-order chi connectivity index (χ0) is 53.2. The molecular weight excluding hydrogens is 901 g/mol. The van der Waals surface area contributed by atoms with Gasteiger partial charge in [0.1, 0.15) is 60.4 Å². The van der Waals surface area contributed by atoms with Crippen LogP contribution in [-0.4, -0.2) is 190 Å². The molecule has 0 spiro atoms. The van der Waals surface area contributed by atoms with Gasteiger partial charge in [0.05, 0.1) is 0 Å². The van der Waals surface area contributed by atoms with Crippen LogP contribution in [-0.2, 0) is 47.9 Å². The third-order valence-corrected chi connectivity index (χ3v) is 14.2. The van der Waals surface area contributed by atoms with Crippen LogP contribution in [0.2, 0.25) is 0 Å². The molecule has 0 radical (unpaired) electrons. The molecule has 70 heavy (non-hydrogen) atoms. The van der Waals surface area contributed by atoms with E-state index in [2.05, 4.69) is 21.3 Å². The maximum atomic E-state index is 14.4. The van der Waals surface area contributed by atoms with E-state index in [1.165, 1.54) is 85.3 Å². The first-order valence-corrected chi connectivity index (χ1v) is 25.4. The fourth-order valence-electron chi connectivity index (χ4n) is 9.34. The summed E-state index contributed by atoms with van der Waals surface area (Å²) in [7, 11) is 5.80. The normalized spacial score (nSPS) is 29.8. The van der Waals surface area contributed by atoms with Crippen LogP contribution >= 0.6 is 0 Å². The number of hydrogen-bond donors (Lipinski definition) is 4. The zero-order valence-corrected chi connectivity index (χ0v) is 44.9. The van der Waals surface area contributed by atoms with Crippen molar-refractivity contribution in [2.24, 2.45) is 23.7 Å². The highest BCUT2D eigenvalue weighted by atomic mass is 16.2. The van der Waals surface area contributed by atoms with Crippen LogP contribution in [0.1, 0.15) is 134 Å². The standard InChI is InChI=1S/C50H86N10O10/c1-27(2)23-35-45(65)55(13)31(9)41(61)53-37(25-29(5)6)47(67)60-22-18-20-40(60)50(70)58(16)34(12)44(64)52-36(24-28(3)4)46(66)56(14)32(10)42(62)54-38(26-30(7)8)48(68)59-21-17-19-39(59)49(69)57(15)33(11)43(63)51-35/h27-40H,17-26H2,1-16H3,(H,51,63)(H,52,64)(H,53,61)(H,54,62)/t31-,32-,33-,34-,35-,36-,37-,38-,39+,40+/m0/s1. The third-order valence-electron chi connectivity index (χ3n) is 14.2. The lowest BCUT2D eigenvalue weighted by atomic mass is 10.00. The predicted molar refractivity (Wildman–Crippen MR) is 264 cm³/mol. The first kappa shape index (κ1) is 59.0. The summed E-state index contributed by atoms with van der Waals surface area (Å²) in [6, 6.07) is -10.6. The second kappa shape index (κ2) is 25.7. The van der Waals surface area contributed by atoms with Crippen molar-refractivity contribution in [2.75, 3.05) is 41.3 Å². The number of nitrogens with zero attached hydrogens (tertiary/aromatic N) is 6. The van der Waals surface area contributed by atoms with Gasteiger partial charge in [-0.25, -0.2) is 0 Å². The van der Waals surface area contributed by atoms with Crippen molar-refractivity contribution in [3.63, 3.8) is 0 Å². The number of amides is 10. The molecule has 10 atom stereocenters. The lowest BCUT2D eigenvalue weighted by Crippen LogP contribution is -2.61. The number of hydrogen-bond acceptors (Lipinski definition) is 10. The van der Waals surface area contributed by atoms with Crippen molar-refractivity contribution in [1.29, 1.82) is 0 Å². The Morgan fingerprint density at radius 2 is 0.586 bits per heavy atom. The van der Waals surface area contributed by atoms with Gasteiger partial charge in [-0.2, -0.15) is 0 Å². The highest BCUT2D eigenvalue weighted by Gasteiger charge is 2.44. The third kappa shape index (κ3) is 14.9. The second-order valence-corrected chi connectivity index (χ2v) is 21.6. The molecule has 0 unspecified atom stereocenters. The number of carbonyl (C=O) groups excluding carboxylic acids is 10. The molecule has 3 saturated heterocycles. The van der Waals surface area contributed by atoms with Crippen molar-refractivity contribution in [3.8, 4) is 0 Å². The van der Waals surface area contributed by atoms with E-state index in [1.807, 2.05) is 55.4 Å². The van der Waals surface area contributed by atoms with E-state index in [1.54, 1.807) is 0 Å². The van der Waals surface area contributed by atoms with Crippen molar-refractivity contribution in [2.45, 2.75) is 195 Å². The Kier molecular flexibility index (Phi) is 21.7. The van der Waals surface area contributed by atoms with Crippen molar-refractivity contribution in [3.05, 3.63) is 0 Å². The fourth-order valence-corrected chi connectivity index (χ4v) is 9.34. The summed E-state index contributed by atoms with van der Waals surface area (Å²) in [5, 5.41) is 11.3. The van der Waals surface area contributed by atoms with Crippen LogP contribution in [0.5, 0.6) is 0 Å². The summed E-state index contributed by atoms with van der Waals surface area (Å²) in [5.74, 6) is -5.85. The molecule has 3 fully saturated rings. The number of likely N-dealkylation sites (N-methyl/N-ethyl adjacent to an activating group) is 4. The Morgan fingerprint density at radius 1 is 0.371 bits per heavy atom. The van der Waals surface area contributed by atoms with Crippen molar-refractivity contribution in [1.82, 2.24) is 50.7 Å². The highest BCUT2D eigenvalue weighted by Crippen LogP contribution is 2.25. The van der Waals surface area contributed by atoms with E-state index in [0.29, 0.717) is 25.7 Å². The quantitative estimate of drug-likeness (QED) is 0.274. The number of nitrogens with one attached hydrogen (secondary N) is 4. The Morgan fingerprint density at radius 3 is 0.814 bits per heavy atom. The Bertz CT molecular complexity index is 1790. The second-order valence-electron chi connectivity index (χ2n) is 21.6. The first-order valence-electron chi connectivity index (χ1n) is 25.4. The minimum atomic E-state index is -1.10. The van der Waals surface area contributed by atoms with E-state index in [-0.39, 0.29) is 62.4 Å². The monoisotopic (exact) mass is 987 g/mol. The van der Waals surface area contributed by atoms with E-state index >= 15 is 0 Å². The maximum Gasteiger partial charge on any atom is 0.245 e. The maximum absolute atomic E-state index is 14.4. The smallest absolute Gasteiger partial charge is 0.245 e. The summed E-state index contributed by atoms with van der Waals surface area (Å²) >= 11 is 0. The molecule has 20 heteroatoms. The minimum absolute atomic E-state index is 0.0653. The van der Waals surface area contributed by atoms with Crippen LogP contribution in [0.25, 0.3) is 0 Å². The summed E-state index contributed by atoms with van der Waals surface area (Å²) in [6.45, 7) is 21.6. The van der Waals surface area contributed by atoms with E-state index in [0.717, 1.165) is 0 Å². The van der Waals surface area contributed by atoms with E-state index in [4.69, 9.17) is 0 Å². The van der Waals surface area contributed by atoms with Gasteiger partial charge in [-0.05, 0) is 103 Å². The Labute approximate surface area is 416 Å². The van der Waals surface area contributed by atoms with Crippen LogP contribution in [0.15, 0.2) is 0 Å². The zero-order valence-electron chi connectivity index (χ0n) is 44.9. The van der Waals surface area contributed by atoms with Gasteiger partial charge in [0.15, 0.2) is 0 Å². The van der Waals surface area contributed by atoms with Crippen molar-refractivity contribution < 1.29 is 47.9 Å². The largest absolute Gasteiger partial charge is 0.343 e. The summed E-state index contributed by atoms with van der Waals surface area (Å²) in [5.41, 5.74) is 0. The minimum Gasteiger partial charge on any atom is -0.343 e. The molecule has 3 rings (SSSR count). The molecule has 0 aromatic heterocycles. The molecule has 3 aliphatic rings. The molecule has 396 valence electrons. The van der Waals surface area contributed by atoms with Gasteiger partial charge in [-0.1, -0.05) is 55.4 Å². The van der Waals surface area contributed by atoms with Gasteiger partial charge < -0.3 is 50.7 Å². The molecular formula is C50H86N10O10. The number of rotatable bonds is 8. The van der Waals surface area contributed by atoms with Crippen LogP contribution in [0.4, 0.5) is 0 Å². The first-order chi connectivity index (χ1) is 32.5. The summed E-state index contributed by atoms with van der Waals surface area (Å²) in [4.78, 5) is 150. The average molecular weight is 987 g/mol. The SMILES string of the molecule is CC(C)C[C@@H]1NC(=O)[C@H](C)N(C)C(=O)[C@H]2CCCN2C(=O)[C@H](CC(C)C)NC(=O)[C@H](C)N(C)C(=O)[C@H](CC(C)C)NC(=O)[C@H](C)N(C)C(=O)[C@H]2CCCN2C(=O)[C@H](CC(C)C)NC(=O)[C@H](C)N(C)C1=O. The molecule has 4 N–H and O–H groups in total. The molecule has 20 nitrogen and oxygen atoms in total. The Balaban J connectivity index is 2.11. The van der Waals surface area contributed by atoms with Gasteiger partial charge in [0, 0.05) is 41.3 Å². The van der Waals surface area contributed by atoms with E-state index in [9.17, 15) is 47.9 Å². The molecule has 0 aromatic carbocycles. The molecule has 3 aliphatic heterocycles. The molecule has 0 bridgehead atoms. The van der Waals surface area contributed by atoms with Gasteiger partial charge >= 0.3 is 0 Å². The lowest BCUT2D eigenvalue weighted by molar-refractivity contribution is -0.150. The fraction of sp³-hybridized carbons (Fsp3) is 0.800. The van der Waals surface area contributed by atoms with Crippen LogP contribution in [0, 0.1) is 23.7 Å². The van der Waals surface area contributed by atoms with Crippen LogP contribution in [0.3, 0.4) is 0 Å². The predicted octanol–water partition coefficient (Wildman–Crippen LogP) is 1.49. The summed E-state index contributed by atoms with van der Waals surface area (Å²) < 4.78 is 0. The molecule has 0 saturated carbocycles. The molecule has 10 amide bonds. The summed E-state index contributed by atoms with van der Waals surface area (Å²) in [6.07, 6.45) is 2.47. The molecule has 0 aromatic rings. The molecule has 3 heterocycles. The van der Waals surface area contributed by atoms with Crippen LogP contribution < -0.4 is 21.3 Å². The van der Waals surface area contributed by atoms with Crippen molar-refractivity contribution >= 4 is 59.1 Å². The lowest BCUT2D eigenvalue weighted by Gasteiger charge is -2.36. The van der Waals surface area contributed by atoms with Gasteiger partial charge in [0.25, 0.3) is 0 Å². The van der Waals surface area contributed by atoms with Gasteiger partial charge in [-0.15, -0.1) is 0 Å². The van der Waals surface area contributed by atoms with E-state index < -0.39 is 119 Å². The van der Waals surface area contributed by atoms with Gasteiger partial charge in [0.2, 0.25) is 59.1 Å². The number of fused-ring (bicyclic) bond motifs is 2. The topological polar surface area (TPSA) is 238 Å². The Hall–Kier alpha value is -5.30. The number of carbonyl (C=O) groups is 10. The molecule has 0 aliphatic carbocycles.